The second kappa shape index (κ2) is 5.39. The zero-order chi connectivity index (χ0) is 10.4. The fourth-order valence-corrected chi connectivity index (χ4v) is 1.02. The van der Waals surface area contributed by atoms with Crippen molar-refractivity contribution in [1.82, 2.24) is 9.97 Å². The Balaban J connectivity index is 2.45. The molecule has 3 N–H and O–H groups in total. The molecule has 1 heterocycles. The van der Waals surface area contributed by atoms with E-state index in [4.69, 9.17) is 10.5 Å². The molecule has 0 unspecified atom stereocenters. The van der Waals surface area contributed by atoms with E-state index in [-0.39, 0.29) is 5.95 Å². The first-order chi connectivity index (χ1) is 6.74. The van der Waals surface area contributed by atoms with E-state index in [1.54, 1.807) is 6.20 Å². The van der Waals surface area contributed by atoms with Crippen molar-refractivity contribution in [1.29, 1.82) is 0 Å². The van der Waals surface area contributed by atoms with Crippen LogP contribution in [0.25, 0.3) is 0 Å². The lowest BCUT2D eigenvalue weighted by atomic mass is 10.3. The highest BCUT2D eigenvalue weighted by molar-refractivity contribution is 5.44. The van der Waals surface area contributed by atoms with Gasteiger partial charge in [0.25, 0.3) is 0 Å². The SMILES string of the molecule is CCOCCNc1nc(N)ncc1C. The van der Waals surface area contributed by atoms with E-state index < -0.39 is 0 Å². The van der Waals surface area contributed by atoms with Crippen LogP contribution in [-0.4, -0.2) is 29.7 Å². The molecule has 0 radical (unpaired) electrons. The van der Waals surface area contributed by atoms with E-state index in [2.05, 4.69) is 15.3 Å². The van der Waals surface area contributed by atoms with Gasteiger partial charge < -0.3 is 15.8 Å². The number of rotatable bonds is 5. The van der Waals surface area contributed by atoms with E-state index in [1.165, 1.54) is 0 Å². The molecule has 0 bridgehead atoms. The Labute approximate surface area is 83.7 Å². The second-order valence-corrected chi connectivity index (χ2v) is 2.88. The van der Waals surface area contributed by atoms with Crippen LogP contribution in [0.1, 0.15) is 12.5 Å². The highest BCUT2D eigenvalue weighted by Crippen LogP contribution is 2.09. The Morgan fingerprint density at radius 1 is 1.57 bits per heavy atom. The number of hydrogen-bond acceptors (Lipinski definition) is 5. The third-order valence-corrected chi connectivity index (χ3v) is 1.73. The summed E-state index contributed by atoms with van der Waals surface area (Å²) in [6.07, 6.45) is 1.70. The molecule has 1 aromatic heterocycles. The molecule has 0 aliphatic carbocycles. The van der Waals surface area contributed by atoms with E-state index in [1.807, 2.05) is 13.8 Å². The number of nitrogens with zero attached hydrogens (tertiary/aromatic N) is 2. The largest absolute Gasteiger partial charge is 0.380 e. The monoisotopic (exact) mass is 196 g/mol. The molecule has 1 rings (SSSR count). The van der Waals surface area contributed by atoms with Crippen molar-refractivity contribution in [2.24, 2.45) is 0 Å². The predicted octanol–water partition coefficient (Wildman–Crippen LogP) is 0.816. The van der Waals surface area contributed by atoms with Gasteiger partial charge in [-0.25, -0.2) is 4.98 Å². The van der Waals surface area contributed by atoms with Crippen LogP contribution in [0.2, 0.25) is 0 Å². The Hall–Kier alpha value is -1.36. The minimum Gasteiger partial charge on any atom is -0.380 e. The van der Waals surface area contributed by atoms with Crippen molar-refractivity contribution in [2.75, 3.05) is 30.8 Å². The van der Waals surface area contributed by atoms with Gasteiger partial charge in [-0.3, -0.25) is 0 Å². The van der Waals surface area contributed by atoms with Crippen LogP contribution in [-0.2, 0) is 4.74 Å². The number of nitrogen functional groups attached to an aromatic ring is 1. The number of nitrogens with two attached hydrogens (primary N) is 1. The van der Waals surface area contributed by atoms with Crippen LogP contribution in [0, 0.1) is 6.92 Å². The molecule has 0 saturated carbocycles. The predicted molar refractivity (Wildman–Crippen MR) is 56.2 cm³/mol. The molecule has 0 aliphatic heterocycles. The summed E-state index contributed by atoms with van der Waals surface area (Å²) < 4.78 is 5.19. The third-order valence-electron chi connectivity index (χ3n) is 1.73. The lowest BCUT2D eigenvalue weighted by Gasteiger charge is -2.08. The average molecular weight is 196 g/mol. The summed E-state index contributed by atoms with van der Waals surface area (Å²) in [7, 11) is 0. The molecule has 5 nitrogen and oxygen atoms in total. The normalized spacial score (nSPS) is 10.1. The van der Waals surface area contributed by atoms with Crippen molar-refractivity contribution in [3.05, 3.63) is 11.8 Å². The van der Waals surface area contributed by atoms with Crippen LogP contribution in [0.4, 0.5) is 11.8 Å². The van der Waals surface area contributed by atoms with Crippen molar-refractivity contribution in [2.45, 2.75) is 13.8 Å². The minimum absolute atomic E-state index is 0.287. The zero-order valence-corrected chi connectivity index (χ0v) is 8.58. The van der Waals surface area contributed by atoms with Crippen LogP contribution in [0.3, 0.4) is 0 Å². The molecular formula is C9H16N4O. The van der Waals surface area contributed by atoms with Gasteiger partial charge in [-0.15, -0.1) is 0 Å². The van der Waals surface area contributed by atoms with Crippen molar-refractivity contribution >= 4 is 11.8 Å². The molecule has 78 valence electrons. The molecule has 0 aliphatic rings. The van der Waals surface area contributed by atoms with E-state index >= 15 is 0 Å². The number of hydrogen-bond donors (Lipinski definition) is 2. The summed E-state index contributed by atoms with van der Waals surface area (Å²) in [5, 5.41) is 3.13. The summed E-state index contributed by atoms with van der Waals surface area (Å²) in [4.78, 5) is 7.95. The van der Waals surface area contributed by atoms with Gasteiger partial charge in [-0.05, 0) is 13.8 Å². The summed E-state index contributed by atoms with van der Waals surface area (Å²) in [5.74, 6) is 1.06. The van der Waals surface area contributed by atoms with Crippen LogP contribution < -0.4 is 11.1 Å². The lowest BCUT2D eigenvalue weighted by molar-refractivity contribution is 0.158. The smallest absolute Gasteiger partial charge is 0.221 e. The number of aromatic nitrogens is 2. The van der Waals surface area contributed by atoms with Gasteiger partial charge in [0.1, 0.15) is 5.82 Å². The van der Waals surface area contributed by atoms with Gasteiger partial charge in [0, 0.05) is 24.9 Å². The van der Waals surface area contributed by atoms with Gasteiger partial charge in [-0.1, -0.05) is 0 Å². The molecule has 0 atom stereocenters. The van der Waals surface area contributed by atoms with Crippen LogP contribution >= 0.6 is 0 Å². The topological polar surface area (TPSA) is 73.1 Å². The zero-order valence-electron chi connectivity index (χ0n) is 8.58. The Morgan fingerprint density at radius 2 is 2.36 bits per heavy atom. The Kier molecular flexibility index (Phi) is 4.12. The number of anilines is 2. The maximum Gasteiger partial charge on any atom is 0.221 e. The molecule has 14 heavy (non-hydrogen) atoms. The van der Waals surface area contributed by atoms with Gasteiger partial charge in [0.15, 0.2) is 0 Å². The lowest BCUT2D eigenvalue weighted by Crippen LogP contribution is -2.12. The number of nitrogens with one attached hydrogen (secondary N) is 1. The van der Waals surface area contributed by atoms with Crippen molar-refractivity contribution in [3.63, 3.8) is 0 Å². The molecule has 0 aromatic carbocycles. The quantitative estimate of drug-likeness (QED) is 0.682. The molecule has 0 spiro atoms. The van der Waals surface area contributed by atoms with E-state index in [0.717, 1.165) is 24.5 Å². The molecular weight excluding hydrogens is 180 g/mol. The van der Waals surface area contributed by atoms with Crippen molar-refractivity contribution < 1.29 is 4.74 Å². The second-order valence-electron chi connectivity index (χ2n) is 2.88. The summed E-state index contributed by atoms with van der Waals surface area (Å²) in [5.41, 5.74) is 6.45. The number of aryl methyl sites for hydroxylation is 1. The highest BCUT2D eigenvalue weighted by atomic mass is 16.5. The molecule has 0 saturated heterocycles. The minimum atomic E-state index is 0.287. The highest BCUT2D eigenvalue weighted by Gasteiger charge is 1.99. The average Bonchev–Trinajstić information content (AvgIpc) is 2.18. The van der Waals surface area contributed by atoms with E-state index in [9.17, 15) is 0 Å². The molecule has 0 fully saturated rings. The fourth-order valence-electron chi connectivity index (χ4n) is 1.02. The first-order valence-corrected chi connectivity index (χ1v) is 4.64. The summed E-state index contributed by atoms with van der Waals surface area (Å²) in [6, 6.07) is 0. The van der Waals surface area contributed by atoms with Gasteiger partial charge in [-0.2, -0.15) is 4.98 Å². The molecule has 5 heteroatoms. The van der Waals surface area contributed by atoms with E-state index in [0.29, 0.717) is 6.61 Å². The fraction of sp³-hybridized carbons (Fsp3) is 0.556. The maximum absolute atomic E-state index is 5.46. The first kappa shape index (κ1) is 10.7. The summed E-state index contributed by atoms with van der Waals surface area (Å²) >= 11 is 0. The molecule has 0 amide bonds. The van der Waals surface area contributed by atoms with Gasteiger partial charge in [0.05, 0.1) is 6.61 Å². The van der Waals surface area contributed by atoms with Gasteiger partial charge in [0.2, 0.25) is 5.95 Å². The van der Waals surface area contributed by atoms with Crippen LogP contribution in [0.15, 0.2) is 6.20 Å². The standard InChI is InChI=1S/C9H16N4O/c1-3-14-5-4-11-8-7(2)6-12-9(10)13-8/h6H,3-5H2,1-2H3,(H3,10,11,12,13). The number of ether oxygens (including phenoxy) is 1. The maximum atomic E-state index is 5.46. The first-order valence-electron chi connectivity index (χ1n) is 4.64. The van der Waals surface area contributed by atoms with Crippen molar-refractivity contribution in [3.8, 4) is 0 Å². The third kappa shape index (κ3) is 3.18. The molecule has 1 aromatic rings. The van der Waals surface area contributed by atoms with Gasteiger partial charge >= 0.3 is 0 Å². The Morgan fingerprint density at radius 3 is 3.07 bits per heavy atom. The van der Waals surface area contributed by atoms with Crippen LogP contribution in [0.5, 0.6) is 0 Å². The summed E-state index contributed by atoms with van der Waals surface area (Å²) in [6.45, 7) is 6.02. The Bertz CT molecular complexity index is 290.